The third kappa shape index (κ3) is 3.39. The molecule has 24 heavy (non-hydrogen) atoms. The van der Waals surface area contributed by atoms with Crippen molar-refractivity contribution < 1.29 is 9.59 Å². The van der Waals surface area contributed by atoms with Gasteiger partial charge in [0.15, 0.2) is 0 Å². The fraction of sp³-hybridized carbons (Fsp3) is 0.529. The molecule has 0 atom stereocenters. The summed E-state index contributed by atoms with van der Waals surface area (Å²) in [5, 5.41) is 3.94. The number of rotatable bonds is 4. The van der Waals surface area contributed by atoms with E-state index in [9.17, 15) is 9.59 Å². The molecule has 1 aromatic carbocycles. The smallest absolute Gasteiger partial charge is 0.323 e. The molecule has 3 rings (SSSR count). The van der Waals surface area contributed by atoms with Crippen molar-refractivity contribution in [2.75, 3.05) is 13.7 Å². The maximum Gasteiger partial charge on any atom is 0.326 e. The van der Waals surface area contributed by atoms with Crippen LogP contribution in [0.2, 0.25) is 10.0 Å². The lowest BCUT2D eigenvalue weighted by atomic mass is 9.82. The lowest BCUT2D eigenvalue weighted by Gasteiger charge is -2.31. The van der Waals surface area contributed by atoms with Crippen LogP contribution in [0.25, 0.3) is 0 Å². The number of amides is 3. The Balaban J connectivity index is 1.65. The summed E-state index contributed by atoms with van der Waals surface area (Å²) >= 11 is 12.0. The molecule has 1 saturated carbocycles. The van der Waals surface area contributed by atoms with E-state index in [0.717, 1.165) is 37.7 Å². The van der Waals surface area contributed by atoms with E-state index >= 15 is 0 Å². The number of carbonyl (C=O) groups excluding carboxylic acids is 2. The molecule has 0 radical (unpaired) electrons. The predicted molar refractivity (Wildman–Crippen MR) is 94.0 cm³/mol. The van der Waals surface area contributed by atoms with Gasteiger partial charge in [0, 0.05) is 6.54 Å². The zero-order chi connectivity index (χ0) is 17.3. The van der Waals surface area contributed by atoms with E-state index in [0.29, 0.717) is 16.6 Å². The van der Waals surface area contributed by atoms with Gasteiger partial charge in [-0.25, -0.2) is 9.69 Å². The number of halogens is 2. The molecular weight excluding hydrogens is 349 g/mol. The fourth-order valence-corrected chi connectivity index (χ4v) is 3.86. The zero-order valence-electron chi connectivity index (χ0n) is 13.6. The van der Waals surface area contributed by atoms with Crippen molar-refractivity contribution in [3.63, 3.8) is 0 Å². The first-order valence-corrected chi connectivity index (χ1v) is 8.93. The summed E-state index contributed by atoms with van der Waals surface area (Å²) in [6, 6.07) is 5.15. The predicted octanol–water partition coefficient (Wildman–Crippen LogP) is 3.64. The molecule has 5 nitrogen and oxygen atoms in total. The number of urea groups is 1. The van der Waals surface area contributed by atoms with E-state index in [4.69, 9.17) is 23.2 Å². The Labute approximate surface area is 151 Å². The molecule has 130 valence electrons. The number of benzene rings is 1. The topological polar surface area (TPSA) is 52.6 Å². The van der Waals surface area contributed by atoms with Crippen LogP contribution in [0.5, 0.6) is 0 Å². The van der Waals surface area contributed by atoms with Gasteiger partial charge in [-0.05, 0) is 37.6 Å². The lowest BCUT2D eigenvalue weighted by molar-refractivity contribution is -0.133. The monoisotopic (exact) mass is 369 g/mol. The molecule has 2 fully saturated rings. The quantitative estimate of drug-likeness (QED) is 0.824. The van der Waals surface area contributed by atoms with Gasteiger partial charge in [0.25, 0.3) is 5.91 Å². The van der Waals surface area contributed by atoms with Crippen LogP contribution < -0.4 is 5.32 Å². The molecule has 7 heteroatoms. The highest BCUT2D eigenvalue weighted by atomic mass is 35.5. The summed E-state index contributed by atoms with van der Waals surface area (Å²) in [5.74, 6) is -0.0896. The molecule has 2 aliphatic rings. The van der Waals surface area contributed by atoms with Gasteiger partial charge in [0.1, 0.15) is 5.54 Å². The molecule has 0 bridgehead atoms. The van der Waals surface area contributed by atoms with E-state index in [-0.39, 0.29) is 18.6 Å². The zero-order valence-corrected chi connectivity index (χ0v) is 15.2. The lowest BCUT2D eigenvalue weighted by Crippen LogP contribution is -2.48. The van der Waals surface area contributed by atoms with Crippen molar-refractivity contribution in [2.24, 2.45) is 0 Å². The average Bonchev–Trinajstić information content (AvgIpc) is 2.76. The summed E-state index contributed by atoms with van der Waals surface area (Å²) in [4.78, 5) is 28.3. The maximum absolute atomic E-state index is 12.8. The fourth-order valence-electron chi connectivity index (χ4n) is 3.54. The second-order valence-corrected chi connectivity index (χ2v) is 7.52. The highest BCUT2D eigenvalue weighted by Crippen LogP contribution is 2.33. The molecule has 1 aliphatic heterocycles. The van der Waals surface area contributed by atoms with Gasteiger partial charge >= 0.3 is 6.03 Å². The van der Waals surface area contributed by atoms with Crippen LogP contribution in [0.15, 0.2) is 18.2 Å². The first-order valence-electron chi connectivity index (χ1n) is 8.18. The van der Waals surface area contributed by atoms with Crippen LogP contribution in [0, 0.1) is 0 Å². The van der Waals surface area contributed by atoms with Crippen LogP contribution in [0.4, 0.5) is 4.79 Å². The minimum absolute atomic E-state index is 0.0896. The molecule has 1 saturated heterocycles. The molecule has 1 aromatic rings. The van der Waals surface area contributed by atoms with E-state index in [1.165, 1.54) is 4.90 Å². The number of hydrogen-bond acceptors (Lipinski definition) is 3. The van der Waals surface area contributed by atoms with E-state index in [1.807, 2.05) is 18.0 Å². The van der Waals surface area contributed by atoms with Crippen LogP contribution in [-0.2, 0) is 11.3 Å². The largest absolute Gasteiger partial charge is 0.326 e. The molecule has 1 N–H and O–H groups in total. The van der Waals surface area contributed by atoms with E-state index in [2.05, 4.69) is 5.32 Å². The molecule has 1 aliphatic carbocycles. The Bertz CT molecular complexity index is 659. The van der Waals surface area contributed by atoms with Crippen LogP contribution in [0.3, 0.4) is 0 Å². The number of nitrogens with one attached hydrogen (secondary N) is 1. The number of carbonyl (C=O) groups is 2. The van der Waals surface area contributed by atoms with Gasteiger partial charge in [-0.1, -0.05) is 48.5 Å². The van der Waals surface area contributed by atoms with Gasteiger partial charge in [-0.2, -0.15) is 0 Å². The summed E-state index contributed by atoms with van der Waals surface area (Å²) in [7, 11) is 1.87. The van der Waals surface area contributed by atoms with Crippen LogP contribution in [-0.4, -0.2) is 41.0 Å². The van der Waals surface area contributed by atoms with Gasteiger partial charge in [-0.3, -0.25) is 9.69 Å². The van der Waals surface area contributed by atoms with E-state index in [1.54, 1.807) is 12.1 Å². The normalized spacial score (nSPS) is 20.1. The molecule has 1 spiro atoms. The Morgan fingerprint density at radius 1 is 1.17 bits per heavy atom. The van der Waals surface area contributed by atoms with Crippen LogP contribution in [0.1, 0.15) is 37.7 Å². The molecule has 1 heterocycles. The summed E-state index contributed by atoms with van der Waals surface area (Å²) < 4.78 is 0. The van der Waals surface area contributed by atoms with Crippen molar-refractivity contribution >= 4 is 35.1 Å². The molecule has 0 unspecified atom stereocenters. The van der Waals surface area contributed by atoms with Crippen molar-refractivity contribution in [3.05, 3.63) is 33.8 Å². The van der Waals surface area contributed by atoms with Gasteiger partial charge in [0.05, 0.1) is 16.7 Å². The third-order valence-corrected chi connectivity index (χ3v) is 5.51. The number of imide groups is 1. The molecular formula is C17H21Cl2N3O2. The first kappa shape index (κ1) is 17.5. The van der Waals surface area contributed by atoms with Crippen molar-refractivity contribution in [1.82, 2.24) is 15.1 Å². The highest BCUT2D eigenvalue weighted by molar-refractivity contribution is 6.42. The SMILES string of the molecule is CN(Cc1ccc(Cl)c(Cl)c1)CN1C(=O)NC2(CCCCC2)C1=O. The second kappa shape index (κ2) is 6.90. The molecule has 0 aromatic heterocycles. The van der Waals surface area contributed by atoms with E-state index < -0.39 is 5.54 Å². The minimum Gasteiger partial charge on any atom is -0.323 e. The Hall–Kier alpha value is -1.30. The summed E-state index contributed by atoms with van der Waals surface area (Å²) in [6.45, 7) is 0.827. The summed E-state index contributed by atoms with van der Waals surface area (Å²) in [5.41, 5.74) is 0.311. The van der Waals surface area contributed by atoms with Gasteiger partial charge in [0.2, 0.25) is 0 Å². The van der Waals surface area contributed by atoms with Crippen LogP contribution >= 0.6 is 23.2 Å². The third-order valence-electron chi connectivity index (χ3n) is 4.77. The standard InChI is InChI=1S/C17H21Cl2N3O2/c1-21(10-12-5-6-13(18)14(19)9-12)11-22-15(23)17(20-16(22)24)7-3-2-4-8-17/h5-6,9H,2-4,7-8,10-11H2,1H3,(H,20,24). The van der Waals surface area contributed by atoms with Gasteiger partial charge < -0.3 is 5.32 Å². The first-order chi connectivity index (χ1) is 11.4. The minimum atomic E-state index is -0.667. The second-order valence-electron chi connectivity index (χ2n) is 6.71. The molecule has 3 amide bonds. The summed E-state index contributed by atoms with van der Waals surface area (Å²) in [6.07, 6.45) is 4.58. The maximum atomic E-state index is 12.8. The Morgan fingerprint density at radius 2 is 1.88 bits per heavy atom. The number of nitrogens with zero attached hydrogens (tertiary/aromatic N) is 2. The van der Waals surface area contributed by atoms with Gasteiger partial charge in [-0.15, -0.1) is 0 Å². The number of hydrogen-bond donors (Lipinski definition) is 1. The average molecular weight is 370 g/mol. The Kier molecular flexibility index (Phi) is 5.04. The van der Waals surface area contributed by atoms with Crippen molar-refractivity contribution in [3.8, 4) is 0 Å². The highest BCUT2D eigenvalue weighted by Gasteiger charge is 2.51. The van der Waals surface area contributed by atoms with Crippen molar-refractivity contribution in [2.45, 2.75) is 44.2 Å². The Morgan fingerprint density at radius 3 is 2.54 bits per heavy atom. The van der Waals surface area contributed by atoms with Crippen molar-refractivity contribution in [1.29, 1.82) is 0 Å².